The van der Waals surface area contributed by atoms with Crippen LogP contribution in [0, 0.1) is 0 Å². The molecule has 1 atom stereocenters. The lowest BCUT2D eigenvalue weighted by atomic mass is 10.2. The zero-order valence-electron chi connectivity index (χ0n) is 15.6. The van der Waals surface area contributed by atoms with Crippen LogP contribution in [0.2, 0.25) is 0 Å². The Morgan fingerprint density at radius 2 is 1.74 bits per heavy atom. The van der Waals surface area contributed by atoms with Crippen molar-refractivity contribution in [1.29, 1.82) is 0 Å². The van der Waals surface area contributed by atoms with Crippen LogP contribution in [0.25, 0.3) is 6.08 Å². The van der Waals surface area contributed by atoms with E-state index in [4.69, 9.17) is 14.2 Å². The van der Waals surface area contributed by atoms with E-state index in [1.54, 1.807) is 26.4 Å². The minimum Gasteiger partial charge on any atom is -0.497 e. The maximum absolute atomic E-state index is 12.1. The third-order valence-electron chi connectivity index (χ3n) is 3.79. The van der Waals surface area contributed by atoms with Crippen molar-refractivity contribution in [3.8, 4) is 11.5 Å². The van der Waals surface area contributed by atoms with Gasteiger partial charge >= 0.3 is 5.97 Å². The number of benzene rings is 2. The number of hydrogen-bond acceptors (Lipinski definition) is 5. The van der Waals surface area contributed by atoms with Gasteiger partial charge in [-0.25, -0.2) is 4.79 Å². The molecule has 0 aliphatic carbocycles. The van der Waals surface area contributed by atoms with Crippen molar-refractivity contribution in [2.45, 2.75) is 19.6 Å². The van der Waals surface area contributed by atoms with Gasteiger partial charge in [-0.05, 0) is 48.4 Å². The molecule has 0 radical (unpaired) electrons. The molecule has 0 saturated carbocycles. The standard InChI is InChI=1S/C21H23NO5/c1-15(21(24)22-14-17-7-10-18(25-2)11-8-17)27-20(23)12-9-16-5-4-6-19(13-16)26-3/h4-13,15H,14H2,1-3H3,(H,22,24)/b12-9+/t15-/m1/s1. The average molecular weight is 369 g/mol. The second-order valence-electron chi connectivity index (χ2n) is 5.75. The number of carbonyl (C=O) groups excluding carboxylic acids is 2. The molecular formula is C21H23NO5. The number of methoxy groups -OCH3 is 2. The van der Waals surface area contributed by atoms with E-state index in [1.807, 2.05) is 42.5 Å². The topological polar surface area (TPSA) is 73.9 Å². The van der Waals surface area contributed by atoms with E-state index in [2.05, 4.69) is 5.32 Å². The van der Waals surface area contributed by atoms with Crippen molar-refractivity contribution < 1.29 is 23.8 Å². The van der Waals surface area contributed by atoms with Crippen molar-refractivity contribution >= 4 is 18.0 Å². The van der Waals surface area contributed by atoms with Gasteiger partial charge in [-0.1, -0.05) is 24.3 Å². The van der Waals surface area contributed by atoms with Gasteiger partial charge in [0.05, 0.1) is 14.2 Å². The maximum atomic E-state index is 12.1. The lowest BCUT2D eigenvalue weighted by molar-refractivity contribution is -0.150. The van der Waals surface area contributed by atoms with Gasteiger partial charge in [0.15, 0.2) is 6.10 Å². The second kappa shape index (κ2) is 10.0. The molecule has 6 nitrogen and oxygen atoms in total. The van der Waals surface area contributed by atoms with Crippen molar-refractivity contribution in [1.82, 2.24) is 5.32 Å². The maximum Gasteiger partial charge on any atom is 0.331 e. The Morgan fingerprint density at radius 1 is 1.04 bits per heavy atom. The van der Waals surface area contributed by atoms with Gasteiger partial charge in [0.2, 0.25) is 0 Å². The van der Waals surface area contributed by atoms with E-state index in [0.29, 0.717) is 12.3 Å². The highest BCUT2D eigenvalue weighted by Crippen LogP contribution is 2.14. The summed E-state index contributed by atoms with van der Waals surface area (Å²) in [4.78, 5) is 24.0. The monoisotopic (exact) mass is 369 g/mol. The van der Waals surface area contributed by atoms with Crippen molar-refractivity contribution in [2.24, 2.45) is 0 Å². The zero-order valence-corrected chi connectivity index (χ0v) is 15.6. The first-order chi connectivity index (χ1) is 13.0. The van der Waals surface area contributed by atoms with Gasteiger partial charge in [-0.15, -0.1) is 0 Å². The minimum absolute atomic E-state index is 0.338. The molecule has 0 aliphatic heterocycles. The average Bonchev–Trinajstić information content (AvgIpc) is 2.70. The fraction of sp³-hybridized carbons (Fsp3) is 0.238. The lowest BCUT2D eigenvalue weighted by Crippen LogP contribution is -2.35. The number of ether oxygens (including phenoxy) is 3. The van der Waals surface area contributed by atoms with Crippen LogP contribution < -0.4 is 14.8 Å². The molecule has 6 heteroatoms. The van der Waals surface area contributed by atoms with Crippen LogP contribution in [0.1, 0.15) is 18.1 Å². The summed E-state index contributed by atoms with van der Waals surface area (Å²) in [5.74, 6) is 0.478. The van der Waals surface area contributed by atoms with Crippen molar-refractivity contribution in [3.63, 3.8) is 0 Å². The molecule has 2 aromatic rings. The van der Waals surface area contributed by atoms with Crippen LogP contribution in [0.3, 0.4) is 0 Å². The Hall–Kier alpha value is -3.28. The Morgan fingerprint density at radius 3 is 2.41 bits per heavy atom. The van der Waals surface area contributed by atoms with Crippen LogP contribution >= 0.6 is 0 Å². The molecule has 0 aromatic heterocycles. The summed E-state index contributed by atoms with van der Waals surface area (Å²) in [7, 11) is 3.17. The van der Waals surface area contributed by atoms with Gasteiger partial charge in [0, 0.05) is 12.6 Å². The number of hydrogen-bond donors (Lipinski definition) is 1. The quantitative estimate of drug-likeness (QED) is 0.572. The molecule has 27 heavy (non-hydrogen) atoms. The van der Waals surface area contributed by atoms with Crippen LogP contribution in [0.15, 0.2) is 54.6 Å². The number of carbonyl (C=O) groups is 2. The lowest BCUT2D eigenvalue weighted by Gasteiger charge is -2.12. The SMILES string of the molecule is COc1ccc(CNC(=O)[C@@H](C)OC(=O)/C=C/c2cccc(OC)c2)cc1. The molecule has 2 aromatic carbocycles. The molecule has 0 saturated heterocycles. The summed E-state index contributed by atoms with van der Waals surface area (Å²) in [6, 6.07) is 14.6. The molecule has 1 N–H and O–H groups in total. The summed E-state index contributed by atoms with van der Waals surface area (Å²) >= 11 is 0. The van der Waals surface area contributed by atoms with Gasteiger partial charge in [-0.3, -0.25) is 4.79 Å². The van der Waals surface area contributed by atoms with E-state index in [9.17, 15) is 9.59 Å². The molecular weight excluding hydrogens is 346 g/mol. The summed E-state index contributed by atoms with van der Waals surface area (Å²) in [6.45, 7) is 1.87. The van der Waals surface area contributed by atoms with Gasteiger partial charge in [-0.2, -0.15) is 0 Å². The predicted octanol–water partition coefficient (Wildman–Crippen LogP) is 2.97. The third-order valence-corrected chi connectivity index (χ3v) is 3.79. The molecule has 0 bridgehead atoms. The largest absolute Gasteiger partial charge is 0.497 e. The predicted molar refractivity (Wildman–Crippen MR) is 102 cm³/mol. The minimum atomic E-state index is -0.897. The fourth-order valence-corrected chi connectivity index (χ4v) is 2.25. The highest BCUT2D eigenvalue weighted by Gasteiger charge is 2.16. The number of rotatable bonds is 8. The summed E-state index contributed by atoms with van der Waals surface area (Å²) in [6.07, 6.45) is 1.99. The highest BCUT2D eigenvalue weighted by atomic mass is 16.5. The van der Waals surface area contributed by atoms with Crippen LogP contribution in [-0.4, -0.2) is 32.2 Å². The van der Waals surface area contributed by atoms with E-state index in [1.165, 1.54) is 13.0 Å². The molecule has 0 fully saturated rings. The van der Waals surface area contributed by atoms with Crippen molar-refractivity contribution in [2.75, 3.05) is 14.2 Å². The van der Waals surface area contributed by atoms with E-state index < -0.39 is 12.1 Å². The number of amides is 1. The van der Waals surface area contributed by atoms with Gasteiger partial charge in [0.25, 0.3) is 5.91 Å². The molecule has 0 heterocycles. The molecule has 0 aliphatic rings. The molecule has 0 unspecified atom stereocenters. The third kappa shape index (κ3) is 6.51. The zero-order chi connectivity index (χ0) is 19.6. The number of esters is 1. The second-order valence-corrected chi connectivity index (χ2v) is 5.75. The Balaban J connectivity index is 1.81. The first kappa shape index (κ1) is 20.0. The highest BCUT2D eigenvalue weighted by molar-refractivity contribution is 5.90. The van der Waals surface area contributed by atoms with E-state index in [-0.39, 0.29) is 5.91 Å². The summed E-state index contributed by atoms with van der Waals surface area (Å²) in [5, 5.41) is 2.73. The molecule has 0 spiro atoms. The van der Waals surface area contributed by atoms with Gasteiger partial charge < -0.3 is 19.5 Å². The van der Waals surface area contributed by atoms with E-state index >= 15 is 0 Å². The summed E-state index contributed by atoms with van der Waals surface area (Å²) in [5.41, 5.74) is 1.71. The Bertz CT molecular complexity index is 798. The fourth-order valence-electron chi connectivity index (χ4n) is 2.25. The first-order valence-corrected chi connectivity index (χ1v) is 8.45. The number of nitrogens with one attached hydrogen (secondary N) is 1. The molecule has 142 valence electrons. The van der Waals surface area contributed by atoms with Crippen molar-refractivity contribution in [3.05, 3.63) is 65.7 Å². The van der Waals surface area contributed by atoms with E-state index in [0.717, 1.165) is 16.9 Å². The Labute approximate surface area is 158 Å². The summed E-state index contributed by atoms with van der Waals surface area (Å²) < 4.78 is 15.3. The van der Waals surface area contributed by atoms with Gasteiger partial charge in [0.1, 0.15) is 11.5 Å². The normalized spacial score (nSPS) is 11.7. The Kier molecular flexibility index (Phi) is 7.43. The smallest absolute Gasteiger partial charge is 0.331 e. The first-order valence-electron chi connectivity index (χ1n) is 8.45. The molecule has 2 rings (SSSR count). The van der Waals surface area contributed by atoms with Crippen LogP contribution in [0.5, 0.6) is 11.5 Å². The van der Waals surface area contributed by atoms with Crippen LogP contribution in [0.4, 0.5) is 0 Å². The molecule has 1 amide bonds. The van der Waals surface area contributed by atoms with Crippen LogP contribution in [-0.2, 0) is 20.9 Å².